The predicted molar refractivity (Wildman–Crippen MR) is 114 cm³/mol. The summed E-state index contributed by atoms with van der Waals surface area (Å²) in [6.45, 7) is 2.91. The van der Waals surface area contributed by atoms with Crippen LogP contribution in [0.3, 0.4) is 0 Å². The van der Waals surface area contributed by atoms with Crippen LogP contribution in [-0.4, -0.2) is 33.6 Å². The molecule has 0 unspecified atom stereocenters. The van der Waals surface area contributed by atoms with Crippen molar-refractivity contribution < 1.29 is 4.79 Å². The van der Waals surface area contributed by atoms with Gasteiger partial charge in [0.05, 0.1) is 5.52 Å². The molecule has 0 saturated carbocycles. The molecule has 0 radical (unpaired) electrons. The van der Waals surface area contributed by atoms with Crippen LogP contribution in [0.25, 0.3) is 10.9 Å². The smallest absolute Gasteiger partial charge is 0.206 e. The van der Waals surface area contributed by atoms with Gasteiger partial charge in [-0.3, -0.25) is 14.4 Å². The first-order valence-corrected chi connectivity index (χ1v) is 10.1. The number of hydrogen-bond acceptors (Lipinski definition) is 3. The van der Waals surface area contributed by atoms with Gasteiger partial charge in [-0.05, 0) is 55.6 Å². The Balaban J connectivity index is 1.36. The molecule has 0 N–H and O–H groups in total. The van der Waals surface area contributed by atoms with Gasteiger partial charge in [-0.2, -0.15) is 5.10 Å². The molecule has 3 aromatic rings. The second-order valence-electron chi connectivity index (χ2n) is 7.42. The summed E-state index contributed by atoms with van der Waals surface area (Å²) in [7, 11) is 1.87. The van der Waals surface area contributed by atoms with E-state index in [0.29, 0.717) is 11.6 Å². The lowest BCUT2D eigenvalue weighted by atomic mass is 9.95. The Morgan fingerprint density at radius 1 is 1.14 bits per heavy atom. The summed E-state index contributed by atoms with van der Waals surface area (Å²) >= 11 is 6.28. The minimum atomic E-state index is -0.0182. The minimum Gasteiger partial charge on any atom is -0.299 e. The molecule has 4 rings (SSSR count). The number of rotatable bonds is 5. The van der Waals surface area contributed by atoms with E-state index in [1.165, 1.54) is 5.56 Å². The fraction of sp³-hybridized carbons (Fsp3) is 0.304. The van der Waals surface area contributed by atoms with E-state index < -0.39 is 0 Å². The Labute approximate surface area is 170 Å². The molecule has 1 aliphatic rings. The second kappa shape index (κ2) is 8.29. The van der Waals surface area contributed by atoms with E-state index in [9.17, 15) is 4.79 Å². The van der Waals surface area contributed by atoms with E-state index >= 15 is 0 Å². The van der Waals surface area contributed by atoms with Crippen molar-refractivity contribution in [3.8, 4) is 0 Å². The van der Waals surface area contributed by atoms with Crippen LogP contribution in [0.15, 0.2) is 60.7 Å². The van der Waals surface area contributed by atoms with Crippen LogP contribution >= 0.6 is 11.6 Å². The SMILES string of the molecule is Cn1nc(C(=O)/C=C/C2CCN(Cc3ccccc3Cl)CC2)c2ccccc21. The molecule has 0 atom stereocenters. The summed E-state index contributed by atoms with van der Waals surface area (Å²) < 4.78 is 1.77. The van der Waals surface area contributed by atoms with Crippen molar-refractivity contribution in [2.24, 2.45) is 13.0 Å². The zero-order valence-corrected chi connectivity index (χ0v) is 16.8. The molecule has 144 valence electrons. The largest absolute Gasteiger partial charge is 0.299 e. The Kier molecular flexibility index (Phi) is 5.60. The number of para-hydroxylation sites is 1. The van der Waals surface area contributed by atoms with Gasteiger partial charge in [0, 0.05) is 24.0 Å². The van der Waals surface area contributed by atoms with E-state index in [4.69, 9.17) is 11.6 Å². The average Bonchev–Trinajstić information content (AvgIpc) is 3.06. The third kappa shape index (κ3) is 4.03. The van der Waals surface area contributed by atoms with E-state index in [1.807, 2.05) is 49.5 Å². The van der Waals surface area contributed by atoms with Gasteiger partial charge in [-0.15, -0.1) is 0 Å². The molecular weight excluding hydrogens is 370 g/mol. The molecule has 4 nitrogen and oxygen atoms in total. The van der Waals surface area contributed by atoms with Crippen LogP contribution in [0.1, 0.15) is 28.9 Å². The minimum absolute atomic E-state index is 0.0182. The molecule has 0 spiro atoms. The molecule has 2 aromatic carbocycles. The van der Waals surface area contributed by atoms with Gasteiger partial charge in [0.25, 0.3) is 0 Å². The number of carbonyl (C=O) groups is 1. The highest BCUT2D eigenvalue weighted by molar-refractivity contribution is 6.31. The van der Waals surface area contributed by atoms with Crippen LogP contribution in [0.2, 0.25) is 5.02 Å². The lowest BCUT2D eigenvalue weighted by Gasteiger charge is -2.30. The maximum Gasteiger partial charge on any atom is 0.206 e. The van der Waals surface area contributed by atoms with E-state index in [2.05, 4.69) is 22.1 Å². The Morgan fingerprint density at radius 3 is 2.64 bits per heavy atom. The van der Waals surface area contributed by atoms with E-state index in [1.54, 1.807) is 10.8 Å². The number of hydrogen-bond donors (Lipinski definition) is 0. The zero-order valence-electron chi connectivity index (χ0n) is 16.0. The highest BCUT2D eigenvalue weighted by Gasteiger charge is 2.19. The zero-order chi connectivity index (χ0) is 19.5. The number of fused-ring (bicyclic) bond motifs is 1. The lowest BCUT2D eigenvalue weighted by molar-refractivity contribution is 0.104. The highest BCUT2D eigenvalue weighted by atomic mass is 35.5. The quantitative estimate of drug-likeness (QED) is 0.458. The number of carbonyl (C=O) groups excluding carboxylic acids is 1. The van der Waals surface area contributed by atoms with Crippen molar-refractivity contribution >= 4 is 28.3 Å². The van der Waals surface area contributed by atoms with Gasteiger partial charge in [0.1, 0.15) is 5.69 Å². The first kappa shape index (κ1) is 18.9. The van der Waals surface area contributed by atoms with Gasteiger partial charge in [0.2, 0.25) is 5.78 Å². The normalized spacial score (nSPS) is 16.2. The first-order chi connectivity index (χ1) is 13.6. The number of aromatic nitrogens is 2. The number of ketones is 1. The molecular formula is C23H24ClN3O. The van der Waals surface area contributed by atoms with Crippen molar-refractivity contribution in [1.29, 1.82) is 0 Å². The molecule has 0 aliphatic carbocycles. The van der Waals surface area contributed by atoms with Crippen LogP contribution in [0.4, 0.5) is 0 Å². The Morgan fingerprint density at radius 2 is 1.86 bits per heavy atom. The number of aryl methyl sites for hydroxylation is 1. The van der Waals surface area contributed by atoms with Crippen LogP contribution < -0.4 is 0 Å². The van der Waals surface area contributed by atoms with E-state index in [0.717, 1.165) is 48.4 Å². The summed E-state index contributed by atoms with van der Waals surface area (Å²) in [5, 5.41) is 6.16. The topological polar surface area (TPSA) is 38.1 Å². The van der Waals surface area contributed by atoms with Crippen molar-refractivity contribution in [2.45, 2.75) is 19.4 Å². The fourth-order valence-electron chi connectivity index (χ4n) is 3.87. The van der Waals surface area contributed by atoms with Crippen molar-refractivity contribution in [3.63, 3.8) is 0 Å². The monoisotopic (exact) mass is 393 g/mol. The third-order valence-corrected chi connectivity index (χ3v) is 5.86. The molecule has 1 aliphatic heterocycles. The van der Waals surface area contributed by atoms with Crippen LogP contribution in [-0.2, 0) is 13.6 Å². The summed E-state index contributed by atoms with van der Waals surface area (Å²) in [4.78, 5) is 15.1. The van der Waals surface area contributed by atoms with Gasteiger partial charge in [0.15, 0.2) is 0 Å². The Hall–Kier alpha value is -2.43. The standard InChI is InChI=1S/C23H24ClN3O/c1-26-21-9-5-3-7-19(21)23(25-26)22(28)11-10-17-12-14-27(15-13-17)16-18-6-2-4-8-20(18)24/h2-11,17H,12-16H2,1H3/b11-10+. The maximum atomic E-state index is 12.7. The third-order valence-electron chi connectivity index (χ3n) is 5.49. The average molecular weight is 394 g/mol. The van der Waals surface area contributed by atoms with Crippen LogP contribution in [0.5, 0.6) is 0 Å². The molecule has 0 amide bonds. The first-order valence-electron chi connectivity index (χ1n) is 9.72. The van der Waals surface area contributed by atoms with Gasteiger partial charge >= 0.3 is 0 Å². The summed E-state index contributed by atoms with van der Waals surface area (Å²) in [6, 6.07) is 15.9. The van der Waals surface area contributed by atoms with Gasteiger partial charge in [-0.25, -0.2) is 0 Å². The van der Waals surface area contributed by atoms with Crippen molar-refractivity contribution in [3.05, 3.63) is 77.0 Å². The molecule has 5 heteroatoms. The number of likely N-dealkylation sites (tertiary alicyclic amines) is 1. The number of benzene rings is 2. The maximum absolute atomic E-state index is 12.7. The number of nitrogens with zero attached hydrogens (tertiary/aromatic N) is 3. The lowest BCUT2D eigenvalue weighted by Crippen LogP contribution is -2.32. The highest BCUT2D eigenvalue weighted by Crippen LogP contribution is 2.24. The van der Waals surface area contributed by atoms with Crippen molar-refractivity contribution in [2.75, 3.05) is 13.1 Å². The summed E-state index contributed by atoms with van der Waals surface area (Å²) in [6.07, 6.45) is 5.89. The molecule has 28 heavy (non-hydrogen) atoms. The molecule has 1 aromatic heterocycles. The van der Waals surface area contributed by atoms with Gasteiger partial charge in [-0.1, -0.05) is 54.1 Å². The fourth-order valence-corrected chi connectivity index (χ4v) is 4.06. The predicted octanol–water partition coefficient (Wildman–Crippen LogP) is 4.88. The van der Waals surface area contributed by atoms with Gasteiger partial charge < -0.3 is 0 Å². The van der Waals surface area contributed by atoms with E-state index in [-0.39, 0.29) is 5.78 Å². The summed E-state index contributed by atoms with van der Waals surface area (Å²) in [5.41, 5.74) is 2.69. The second-order valence-corrected chi connectivity index (χ2v) is 7.82. The van der Waals surface area contributed by atoms with Crippen molar-refractivity contribution in [1.82, 2.24) is 14.7 Å². The molecule has 1 fully saturated rings. The molecule has 1 saturated heterocycles. The molecule has 0 bridgehead atoms. The number of halogens is 1. The number of piperidine rings is 1. The number of allylic oxidation sites excluding steroid dienone is 2. The summed E-state index contributed by atoms with van der Waals surface area (Å²) in [5.74, 6) is 0.414. The Bertz CT molecular complexity index is 1020. The molecule has 2 heterocycles. The van der Waals surface area contributed by atoms with Crippen LogP contribution in [0, 0.1) is 5.92 Å².